The van der Waals surface area contributed by atoms with Crippen LogP contribution in [0.2, 0.25) is 0 Å². The van der Waals surface area contributed by atoms with Crippen molar-refractivity contribution >= 4 is 17.5 Å². The van der Waals surface area contributed by atoms with E-state index in [-0.39, 0.29) is 0 Å². The fraction of sp³-hybridized carbons (Fsp3) is 0.467. The van der Waals surface area contributed by atoms with Crippen molar-refractivity contribution < 1.29 is 32.5 Å². The smallest absolute Gasteiger partial charge is 0.490 e. The number of fused-ring (bicyclic) bond motifs is 1. The fourth-order valence-corrected chi connectivity index (χ4v) is 5.31. The minimum absolute atomic E-state index is 0.761. The van der Waals surface area contributed by atoms with Gasteiger partial charge in [0.15, 0.2) is 17.3 Å². The molecule has 41 heavy (non-hydrogen) atoms. The van der Waals surface area contributed by atoms with Crippen molar-refractivity contribution in [3.8, 4) is 11.5 Å². The maximum atomic E-state index is 10.6. The van der Waals surface area contributed by atoms with Crippen molar-refractivity contribution in [1.82, 2.24) is 15.1 Å². The molecule has 0 bridgehead atoms. The van der Waals surface area contributed by atoms with Crippen LogP contribution in [0, 0.1) is 20.8 Å². The predicted octanol–water partition coefficient (Wildman–Crippen LogP) is 5.80. The Morgan fingerprint density at radius 2 is 1.71 bits per heavy atom. The average molecular weight is 577 g/mol. The van der Waals surface area contributed by atoms with Gasteiger partial charge in [0, 0.05) is 37.1 Å². The van der Waals surface area contributed by atoms with E-state index in [0.29, 0.717) is 0 Å². The summed E-state index contributed by atoms with van der Waals surface area (Å²) < 4.78 is 44.6. The number of benzene rings is 2. The Kier molecular flexibility index (Phi) is 10.7. The topological polar surface area (TPSA) is 88.9 Å². The van der Waals surface area contributed by atoms with Crippen LogP contribution in [0.3, 0.4) is 0 Å². The Balaban J connectivity index is 0.000000587. The largest absolute Gasteiger partial charge is 0.493 e. The molecule has 0 radical (unpaired) electrons. The third-order valence-electron chi connectivity index (χ3n) is 7.01. The molecule has 4 rings (SSSR count). The number of carboxylic acid groups (broad SMARTS) is 1. The Morgan fingerprint density at radius 3 is 2.29 bits per heavy atom. The number of hydrogen-bond donors (Lipinski definition) is 2. The molecule has 1 aliphatic rings. The van der Waals surface area contributed by atoms with Gasteiger partial charge in [-0.15, -0.1) is 0 Å². The van der Waals surface area contributed by atoms with Crippen LogP contribution in [0.4, 0.5) is 24.7 Å². The summed E-state index contributed by atoms with van der Waals surface area (Å²) in [4.78, 5) is 11.3. The Bertz CT molecular complexity index is 1330. The van der Waals surface area contributed by atoms with Crippen LogP contribution in [0.5, 0.6) is 11.5 Å². The predicted molar refractivity (Wildman–Crippen MR) is 152 cm³/mol. The highest BCUT2D eigenvalue weighted by atomic mass is 19.4. The van der Waals surface area contributed by atoms with Crippen LogP contribution in [-0.2, 0) is 31.2 Å². The van der Waals surface area contributed by atoms with Gasteiger partial charge in [-0.05, 0) is 81.8 Å². The number of aliphatic carboxylic acids is 1. The molecule has 1 aromatic heterocycles. The van der Waals surface area contributed by atoms with E-state index in [0.717, 1.165) is 62.6 Å². The number of methoxy groups -OCH3 is 2. The molecule has 0 amide bonds. The number of hydrogen-bond acceptors (Lipinski definition) is 6. The summed E-state index contributed by atoms with van der Waals surface area (Å²) in [7, 11) is 5.43. The molecular weight excluding hydrogens is 537 g/mol. The zero-order valence-electron chi connectivity index (χ0n) is 24.5. The molecule has 1 aliphatic heterocycles. The number of ether oxygens (including phenoxy) is 2. The van der Waals surface area contributed by atoms with Crippen LogP contribution < -0.4 is 19.7 Å². The number of alkyl halides is 3. The molecule has 0 unspecified atom stereocenters. The quantitative estimate of drug-likeness (QED) is 0.311. The fourth-order valence-electron chi connectivity index (χ4n) is 5.31. The van der Waals surface area contributed by atoms with Gasteiger partial charge < -0.3 is 24.8 Å². The third-order valence-corrected chi connectivity index (χ3v) is 7.01. The molecule has 224 valence electrons. The first-order valence-electron chi connectivity index (χ1n) is 13.5. The zero-order chi connectivity index (χ0) is 30.3. The Morgan fingerprint density at radius 1 is 1.07 bits per heavy atom. The summed E-state index contributed by atoms with van der Waals surface area (Å²) >= 11 is 0. The van der Waals surface area contributed by atoms with Crippen LogP contribution >= 0.6 is 0 Å². The molecule has 3 aromatic rings. The van der Waals surface area contributed by atoms with E-state index in [1.54, 1.807) is 14.2 Å². The van der Waals surface area contributed by atoms with Gasteiger partial charge >= 0.3 is 12.1 Å². The highest BCUT2D eigenvalue weighted by Crippen LogP contribution is 2.38. The minimum Gasteiger partial charge on any atom is -0.493 e. The molecule has 0 saturated carbocycles. The third kappa shape index (κ3) is 7.93. The summed E-state index contributed by atoms with van der Waals surface area (Å²) in [5.41, 5.74) is 9.29. The Hall–Kier alpha value is -3.73. The van der Waals surface area contributed by atoms with Gasteiger partial charge in [0.1, 0.15) is 0 Å². The van der Waals surface area contributed by atoms with E-state index in [1.807, 2.05) is 12.1 Å². The summed E-state index contributed by atoms with van der Waals surface area (Å²) in [6, 6.07) is 10.6. The lowest BCUT2D eigenvalue weighted by atomic mass is 9.98. The molecule has 0 aliphatic carbocycles. The van der Waals surface area contributed by atoms with E-state index < -0.39 is 12.1 Å². The maximum Gasteiger partial charge on any atom is 0.490 e. The van der Waals surface area contributed by atoms with Crippen LogP contribution in [0.15, 0.2) is 30.3 Å². The maximum absolute atomic E-state index is 10.6. The van der Waals surface area contributed by atoms with Gasteiger partial charge in [-0.2, -0.15) is 18.3 Å². The van der Waals surface area contributed by atoms with E-state index >= 15 is 0 Å². The number of rotatable bonds is 9. The molecular formula is C30H39F3N4O4. The molecule has 2 heterocycles. The Labute approximate surface area is 239 Å². The van der Waals surface area contributed by atoms with Crippen molar-refractivity contribution in [3.63, 3.8) is 0 Å². The van der Waals surface area contributed by atoms with Crippen molar-refractivity contribution in [2.75, 3.05) is 32.2 Å². The van der Waals surface area contributed by atoms with Crippen LogP contribution in [-0.4, -0.2) is 54.3 Å². The number of aryl methyl sites for hydroxylation is 4. The van der Waals surface area contributed by atoms with Gasteiger partial charge in [0.2, 0.25) is 0 Å². The molecule has 2 N–H and O–H groups in total. The van der Waals surface area contributed by atoms with Crippen LogP contribution in [0.1, 0.15) is 46.4 Å². The summed E-state index contributed by atoms with van der Waals surface area (Å²) in [5.74, 6) is -0.0752. The lowest BCUT2D eigenvalue weighted by Crippen LogP contribution is -2.26. The number of nitrogens with one attached hydrogen (secondary N) is 1. The second kappa shape index (κ2) is 13.8. The summed E-state index contributed by atoms with van der Waals surface area (Å²) in [6.45, 7) is 9.40. The van der Waals surface area contributed by atoms with E-state index in [1.165, 1.54) is 39.2 Å². The van der Waals surface area contributed by atoms with E-state index in [4.69, 9.17) is 24.5 Å². The van der Waals surface area contributed by atoms with Gasteiger partial charge in [-0.1, -0.05) is 23.8 Å². The highest BCUT2D eigenvalue weighted by molar-refractivity contribution is 5.73. The molecule has 0 saturated heterocycles. The number of aromatic nitrogens is 2. The second-order valence-electron chi connectivity index (χ2n) is 10.1. The minimum atomic E-state index is -5.08. The molecule has 2 aromatic carbocycles. The number of halogens is 3. The molecule has 8 nitrogen and oxygen atoms in total. The number of anilines is 2. The first kappa shape index (κ1) is 31.8. The summed E-state index contributed by atoms with van der Waals surface area (Å²) in [6.07, 6.45) is -0.715. The van der Waals surface area contributed by atoms with E-state index in [2.05, 4.69) is 60.9 Å². The normalized spacial score (nSPS) is 12.9. The van der Waals surface area contributed by atoms with Crippen molar-refractivity contribution in [2.45, 2.75) is 59.2 Å². The highest BCUT2D eigenvalue weighted by Gasteiger charge is 2.38. The summed E-state index contributed by atoms with van der Waals surface area (Å²) in [5, 5.41) is 15.7. The SMILES string of the molecule is COc1ccc(CNCCCc2c3c(nn2C)N(c2c(C)cc(C)cc2C)CCC3)cc1OC.O=C(O)C(F)(F)F. The molecule has 0 atom stereocenters. The van der Waals surface area contributed by atoms with Crippen molar-refractivity contribution in [3.05, 3.63) is 63.8 Å². The first-order chi connectivity index (χ1) is 19.4. The molecule has 0 fully saturated rings. The van der Waals surface area contributed by atoms with Crippen LogP contribution in [0.25, 0.3) is 0 Å². The zero-order valence-corrected chi connectivity index (χ0v) is 24.5. The average Bonchev–Trinajstić information content (AvgIpc) is 3.23. The second-order valence-corrected chi connectivity index (χ2v) is 10.1. The van der Waals surface area contributed by atoms with Gasteiger partial charge in [-0.3, -0.25) is 4.68 Å². The number of nitrogens with zero attached hydrogens (tertiary/aromatic N) is 3. The van der Waals surface area contributed by atoms with Gasteiger partial charge in [0.25, 0.3) is 0 Å². The molecule has 11 heteroatoms. The molecule has 0 spiro atoms. The monoisotopic (exact) mass is 576 g/mol. The number of carbonyl (C=O) groups is 1. The van der Waals surface area contributed by atoms with Gasteiger partial charge in [-0.25, -0.2) is 4.79 Å². The first-order valence-corrected chi connectivity index (χ1v) is 13.5. The van der Waals surface area contributed by atoms with Crippen molar-refractivity contribution in [2.24, 2.45) is 7.05 Å². The standard InChI is InChI=1S/C28H38N4O2.C2HF3O2/c1-19-15-20(2)27(21(3)16-19)32-14-8-9-23-24(31(4)30-28(23)32)10-7-13-29-18-22-11-12-25(33-5)26(17-22)34-6;3-2(4,5)1(6)7/h11-12,15-17,29H,7-10,13-14,18H2,1-6H3;(H,6,7). The van der Waals surface area contributed by atoms with E-state index in [9.17, 15) is 13.2 Å². The number of carboxylic acids is 1. The van der Waals surface area contributed by atoms with Crippen molar-refractivity contribution in [1.29, 1.82) is 0 Å². The van der Waals surface area contributed by atoms with Gasteiger partial charge in [0.05, 0.1) is 14.2 Å². The lowest BCUT2D eigenvalue weighted by Gasteiger charge is -2.31. The lowest BCUT2D eigenvalue weighted by molar-refractivity contribution is -0.192.